The van der Waals surface area contributed by atoms with Gasteiger partial charge in [0.1, 0.15) is 0 Å². The molecule has 0 bridgehead atoms. The molecule has 0 spiro atoms. The van der Waals surface area contributed by atoms with Crippen molar-refractivity contribution in [2.45, 2.75) is 80.4 Å². The summed E-state index contributed by atoms with van der Waals surface area (Å²) in [7, 11) is 0. The van der Waals surface area contributed by atoms with E-state index < -0.39 is 0 Å². The Labute approximate surface area is 144 Å². The maximum absolute atomic E-state index is 8.96. The largest absolute Gasteiger partial charge is 0.392 e. The van der Waals surface area contributed by atoms with E-state index in [9.17, 15) is 0 Å². The molecule has 2 unspecified atom stereocenters. The third-order valence-corrected chi connectivity index (χ3v) is 3.67. The van der Waals surface area contributed by atoms with Crippen LogP contribution in [0, 0.1) is 5.92 Å². The second-order valence-corrected chi connectivity index (χ2v) is 5.42. The minimum atomic E-state index is -0.00960. The van der Waals surface area contributed by atoms with Gasteiger partial charge in [0, 0.05) is 6.61 Å². The van der Waals surface area contributed by atoms with Crippen molar-refractivity contribution >= 4 is 0 Å². The fraction of sp³-hybridized carbons (Fsp3) is 0.800. The summed E-state index contributed by atoms with van der Waals surface area (Å²) in [6.45, 7) is 15.9. The molecule has 1 saturated heterocycles. The summed E-state index contributed by atoms with van der Waals surface area (Å²) < 4.78 is 11.2. The number of hydrogen-bond donors (Lipinski definition) is 1. The zero-order valence-electron chi connectivity index (χ0n) is 16.5. The Hall–Kier alpha value is -0.640. The van der Waals surface area contributed by atoms with Gasteiger partial charge in [0.2, 0.25) is 0 Å². The van der Waals surface area contributed by atoms with E-state index in [0.29, 0.717) is 12.5 Å². The standard InChI is InChI=1S/C16H28O3.2C2H6/c1-13(12-17)7-8-14(2)15(3)9-11-19-16-6-4-5-10-18-16;2*1-2/h7,9,14,16-17H,4-6,8,10-12H2,1-3H3;2*1-2H3/b13-7+,15-9+;;. The van der Waals surface area contributed by atoms with Crippen molar-refractivity contribution in [1.29, 1.82) is 0 Å². The van der Waals surface area contributed by atoms with E-state index in [1.807, 2.05) is 34.6 Å². The molecule has 138 valence electrons. The van der Waals surface area contributed by atoms with Crippen molar-refractivity contribution in [2.75, 3.05) is 19.8 Å². The fourth-order valence-electron chi connectivity index (χ4n) is 1.96. The van der Waals surface area contributed by atoms with Crippen LogP contribution >= 0.6 is 0 Å². The lowest BCUT2D eigenvalue weighted by atomic mass is 9.98. The van der Waals surface area contributed by atoms with Gasteiger partial charge >= 0.3 is 0 Å². The molecule has 1 heterocycles. The Balaban J connectivity index is 0. The van der Waals surface area contributed by atoms with Gasteiger partial charge in [-0.15, -0.1) is 0 Å². The second-order valence-electron chi connectivity index (χ2n) is 5.42. The number of hydrogen-bond acceptors (Lipinski definition) is 3. The van der Waals surface area contributed by atoms with Crippen LogP contribution in [0.15, 0.2) is 23.3 Å². The Morgan fingerprint density at radius 3 is 2.35 bits per heavy atom. The molecule has 2 atom stereocenters. The molecule has 3 heteroatoms. The molecule has 0 saturated carbocycles. The van der Waals surface area contributed by atoms with Gasteiger partial charge in [-0.1, -0.05) is 57.9 Å². The first-order valence-electron chi connectivity index (χ1n) is 9.29. The smallest absolute Gasteiger partial charge is 0.157 e. The van der Waals surface area contributed by atoms with E-state index in [-0.39, 0.29) is 12.9 Å². The van der Waals surface area contributed by atoms with Gasteiger partial charge < -0.3 is 14.6 Å². The molecule has 0 amide bonds. The first-order chi connectivity index (χ1) is 11.1. The number of allylic oxidation sites excluding steroid dienone is 2. The lowest BCUT2D eigenvalue weighted by Crippen LogP contribution is -2.22. The van der Waals surface area contributed by atoms with Gasteiger partial charge in [-0.25, -0.2) is 0 Å². The van der Waals surface area contributed by atoms with Crippen molar-refractivity contribution in [1.82, 2.24) is 0 Å². The van der Waals surface area contributed by atoms with Gasteiger partial charge in [-0.3, -0.25) is 0 Å². The summed E-state index contributed by atoms with van der Waals surface area (Å²) in [5.41, 5.74) is 2.37. The Kier molecular flexibility index (Phi) is 18.9. The fourth-order valence-corrected chi connectivity index (χ4v) is 1.96. The highest BCUT2D eigenvalue weighted by atomic mass is 16.7. The van der Waals surface area contributed by atoms with Crippen molar-refractivity contribution in [3.8, 4) is 0 Å². The Morgan fingerprint density at radius 2 is 1.83 bits per heavy atom. The topological polar surface area (TPSA) is 38.7 Å². The van der Waals surface area contributed by atoms with Gasteiger partial charge in [0.15, 0.2) is 6.29 Å². The molecule has 1 aliphatic heterocycles. The quantitative estimate of drug-likeness (QED) is 0.628. The van der Waals surface area contributed by atoms with E-state index >= 15 is 0 Å². The predicted octanol–water partition coefficient (Wildman–Crippen LogP) is 5.49. The highest BCUT2D eigenvalue weighted by Gasteiger charge is 2.13. The first kappa shape index (κ1) is 24.6. The second kappa shape index (κ2) is 17.7. The summed E-state index contributed by atoms with van der Waals surface area (Å²) in [5, 5.41) is 8.96. The maximum Gasteiger partial charge on any atom is 0.157 e. The van der Waals surface area contributed by atoms with Crippen LogP contribution in [0.25, 0.3) is 0 Å². The van der Waals surface area contributed by atoms with Crippen LogP contribution in [-0.2, 0) is 9.47 Å². The molecule has 3 nitrogen and oxygen atoms in total. The molecule has 0 aromatic carbocycles. The molecular weight excluding hydrogens is 288 g/mol. The highest BCUT2D eigenvalue weighted by Crippen LogP contribution is 2.17. The summed E-state index contributed by atoms with van der Waals surface area (Å²) in [5.74, 6) is 0.484. The van der Waals surface area contributed by atoms with Crippen LogP contribution in [0.2, 0.25) is 0 Å². The average Bonchev–Trinajstić information content (AvgIpc) is 2.63. The first-order valence-corrected chi connectivity index (χ1v) is 9.29. The minimum Gasteiger partial charge on any atom is -0.392 e. The molecule has 0 aromatic rings. The number of aliphatic hydroxyl groups excluding tert-OH is 1. The van der Waals surface area contributed by atoms with Crippen molar-refractivity contribution < 1.29 is 14.6 Å². The molecule has 1 aliphatic rings. The molecule has 0 aliphatic carbocycles. The summed E-state index contributed by atoms with van der Waals surface area (Å²) in [6.07, 6.45) is 8.58. The van der Waals surface area contributed by atoms with Gasteiger partial charge in [0.05, 0.1) is 13.2 Å². The molecule has 23 heavy (non-hydrogen) atoms. The molecule has 0 radical (unpaired) electrons. The molecular formula is C20H40O3. The van der Waals surface area contributed by atoms with Gasteiger partial charge in [-0.2, -0.15) is 0 Å². The molecule has 0 aromatic heterocycles. The highest BCUT2D eigenvalue weighted by molar-refractivity contribution is 5.07. The van der Waals surface area contributed by atoms with Crippen LogP contribution in [0.1, 0.15) is 74.1 Å². The van der Waals surface area contributed by atoms with Crippen LogP contribution in [0.3, 0.4) is 0 Å². The molecule has 1 fully saturated rings. The average molecular weight is 329 g/mol. The van der Waals surface area contributed by atoms with Crippen LogP contribution < -0.4 is 0 Å². The third-order valence-electron chi connectivity index (χ3n) is 3.67. The monoisotopic (exact) mass is 328 g/mol. The zero-order chi connectivity index (χ0) is 18.1. The molecule has 1 rings (SSSR count). The summed E-state index contributed by atoms with van der Waals surface area (Å²) in [4.78, 5) is 0. The predicted molar refractivity (Wildman–Crippen MR) is 101 cm³/mol. The van der Waals surface area contributed by atoms with E-state index in [1.165, 1.54) is 12.0 Å². The lowest BCUT2D eigenvalue weighted by molar-refractivity contribution is -0.155. The van der Waals surface area contributed by atoms with Gasteiger partial charge in [-0.05, 0) is 45.4 Å². The van der Waals surface area contributed by atoms with Crippen LogP contribution in [0.4, 0.5) is 0 Å². The Morgan fingerprint density at radius 1 is 1.17 bits per heavy atom. The van der Waals surface area contributed by atoms with E-state index in [1.54, 1.807) is 0 Å². The van der Waals surface area contributed by atoms with Crippen molar-refractivity contribution in [3.63, 3.8) is 0 Å². The third kappa shape index (κ3) is 13.5. The van der Waals surface area contributed by atoms with Crippen molar-refractivity contribution in [3.05, 3.63) is 23.3 Å². The van der Waals surface area contributed by atoms with Crippen LogP contribution in [-0.4, -0.2) is 31.2 Å². The lowest BCUT2D eigenvalue weighted by Gasteiger charge is -2.22. The van der Waals surface area contributed by atoms with E-state index in [0.717, 1.165) is 31.4 Å². The normalized spacial score (nSPS) is 19.9. The maximum atomic E-state index is 8.96. The van der Waals surface area contributed by atoms with Gasteiger partial charge in [0.25, 0.3) is 0 Å². The van der Waals surface area contributed by atoms with E-state index in [2.05, 4.69) is 26.0 Å². The van der Waals surface area contributed by atoms with E-state index in [4.69, 9.17) is 14.6 Å². The summed E-state index contributed by atoms with van der Waals surface area (Å²) in [6, 6.07) is 0. The number of aliphatic hydroxyl groups is 1. The molecule has 1 N–H and O–H groups in total. The van der Waals surface area contributed by atoms with Crippen LogP contribution in [0.5, 0.6) is 0 Å². The number of rotatable bonds is 7. The Bertz CT molecular complexity index is 302. The zero-order valence-corrected chi connectivity index (χ0v) is 16.5. The van der Waals surface area contributed by atoms with Crippen molar-refractivity contribution in [2.24, 2.45) is 5.92 Å². The summed E-state index contributed by atoms with van der Waals surface area (Å²) >= 11 is 0. The SMILES string of the molecule is C/C(=C\CC(C)/C(C)=C/COC1CCCCO1)CO.CC.CC. The number of ether oxygens (including phenoxy) is 2. The minimum absolute atomic E-state index is 0.00960.